The van der Waals surface area contributed by atoms with Gasteiger partial charge in [0, 0.05) is 0 Å². The summed E-state index contributed by atoms with van der Waals surface area (Å²) in [5.74, 6) is 0. The molecule has 1 aromatic carbocycles. The molecule has 0 atom stereocenters. The summed E-state index contributed by atoms with van der Waals surface area (Å²) in [6.45, 7) is 10.9. The van der Waals surface area contributed by atoms with E-state index in [9.17, 15) is 13.2 Å². The summed E-state index contributed by atoms with van der Waals surface area (Å²) < 4.78 is 39.2. The van der Waals surface area contributed by atoms with Gasteiger partial charge in [-0.2, -0.15) is 13.2 Å². The third kappa shape index (κ3) is 3.57. The summed E-state index contributed by atoms with van der Waals surface area (Å²) in [6, 6.07) is 2.01. The highest BCUT2D eigenvalue weighted by Gasteiger charge is 2.40. The van der Waals surface area contributed by atoms with E-state index in [1.807, 2.05) is 41.5 Å². The highest BCUT2D eigenvalue weighted by atomic mass is 19.4. The molecule has 1 rings (SSSR count). The van der Waals surface area contributed by atoms with Crippen LogP contribution >= 0.6 is 0 Å². The van der Waals surface area contributed by atoms with Gasteiger partial charge in [0.25, 0.3) is 0 Å². The van der Waals surface area contributed by atoms with Crippen LogP contribution in [0, 0.1) is 5.41 Å². The van der Waals surface area contributed by atoms with Crippen molar-refractivity contribution in [3.8, 4) is 0 Å². The van der Waals surface area contributed by atoms with Crippen molar-refractivity contribution < 1.29 is 13.2 Å². The molecule has 0 heterocycles. The zero-order chi connectivity index (χ0) is 17.7. The van der Waals surface area contributed by atoms with Crippen LogP contribution in [0.5, 0.6) is 0 Å². The Kier molecular flexibility index (Phi) is 4.71. The van der Waals surface area contributed by atoms with Crippen LogP contribution in [0.2, 0.25) is 0 Å². The van der Waals surface area contributed by atoms with Gasteiger partial charge in [0.1, 0.15) is 7.85 Å². The summed E-state index contributed by atoms with van der Waals surface area (Å²) in [4.78, 5) is 0. The van der Waals surface area contributed by atoms with Gasteiger partial charge in [0.15, 0.2) is 0 Å². The summed E-state index contributed by atoms with van der Waals surface area (Å²) in [5.41, 5.74) is -1.19. The predicted octanol–water partition coefficient (Wildman–Crippen LogP) is 3.33. The van der Waals surface area contributed by atoms with Crippen LogP contribution < -0.4 is 5.46 Å². The van der Waals surface area contributed by atoms with E-state index in [-0.39, 0.29) is 5.46 Å². The minimum atomic E-state index is -4.47. The Bertz CT molecular complexity index is 562. The van der Waals surface area contributed by atoms with Crippen LogP contribution in [-0.2, 0) is 16.8 Å². The second-order valence-corrected chi connectivity index (χ2v) is 7.85. The van der Waals surface area contributed by atoms with E-state index in [0.717, 1.165) is 12.1 Å². The van der Waals surface area contributed by atoms with Gasteiger partial charge in [0.2, 0.25) is 0 Å². The fraction of sp³-hybridized carbons (Fsp3) is 0.625. The Morgan fingerprint density at radius 1 is 0.864 bits per heavy atom. The number of hydrogen-bond acceptors (Lipinski definition) is 0. The van der Waals surface area contributed by atoms with Crippen molar-refractivity contribution in [2.45, 2.75) is 58.3 Å². The van der Waals surface area contributed by atoms with Crippen LogP contribution in [0.25, 0.3) is 0 Å². The molecule has 0 aromatic heterocycles. The third-order valence-corrected chi connectivity index (χ3v) is 3.96. The fourth-order valence-electron chi connectivity index (χ4n) is 2.26. The van der Waals surface area contributed by atoms with Crippen molar-refractivity contribution in [3.63, 3.8) is 0 Å². The first kappa shape index (κ1) is 19.3. The van der Waals surface area contributed by atoms with E-state index in [0.29, 0.717) is 11.1 Å². The number of halogens is 3. The van der Waals surface area contributed by atoms with E-state index in [4.69, 9.17) is 23.5 Å². The Morgan fingerprint density at radius 2 is 1.32 bits per heavy atom. The quantitative estimate of drug-likeness (QED) is 0.698. The van der Waals surface area contributed by atoms with E-state index in [2.05, 4.69) is 0 Å². The molecule has 22 heavy (non-hydrogen) atoms. The normalized spacial score (nSPS) is 14.2. The molecule has 0 bridgehead atoms. The standard InChI is InChI=1S/C16H20B3F3/c1-13(2,3)10-7-9(16(20,21)22)8-11(17)12(10)15(18,19)14(4,5)6/h7-8H,1-6H3. The molecular formula is C16H20B3F3. The second-order valence-electron chi connectivity index (χ2n) is 7.85. The molecule has 1 aromatic rings. The zero-order valence-corrected chi connectivity index (χ0v) is 14.0. The summed E-state index contributed by atoms with van der Waals surface area (Å²) in [7, 11) is 18.5. The van der Waals surface area contributed by atoms with Gasteiger partial charge in [-0.3, -0.25) is 0 Å². The lowest BCUT2D eigenvalue weighted by Crippen LogP contribution is -2.47. The van der Waals surface area contributed by atoms with E-state index >= 15 is 0 Å². The maximum atomic E-state index is 13.1. The minimum absolute atomic E-state index is 0.0281. The smallest absolute Gasteiger partial charge is 0.166 e. The minimum Gasteiger partial charge on any atom is -0.166 e. The molecule has 0 N–H and O–H groups in total. The molecule has 0 aliphatic rings. The Hall–Kier alpha value is -0.795. The summed E-state index contributed by atoms with van der Waals surface area (Å²) in [6.07, 6.45) is -4.47. The van der Waals surface area contributed by atoms with E-state index in [1.54, 1.807) is 0 Å². The van der Waals surface area contributed by atoms with Crippen molar-refractivity contribution >= 4 is 29.0 Å². The van der Waals surface area contributed by atoms with Crippen molar-refractivity contribution in [1.82, 2.24) is 0 Å². The van der Waals surface area contributed by atoms with Gasteiger partial charge in [-0.25, -0.2) is 0 Å². The molecule has 0 nitrogen and oxygen atoms in total. The Balaban J connectivity index is 3.80. The van der Waals surface area contributed by atoms with E-state index < -0.39 is 27.8 Å². The van der Waals surface area contributed by atoms with Crippen LogP contribution in [0.1, 0.15) is 58.2 Å². The van der Waals surface area contributed by atoms with Gasteiger partial charge < -0.3 is 0 Å². The Labute approximate surface area is 135 Å². The van der Waals surface area contributed by atoms with Gasteiger partial charge in [0.05, 0.1) is 21.3 Å². The van der Waals surface area contributed by atoms with Gasteiger partial charge in [-0.15, -0.1) is 0 Å². The fourth-order valence-corrected chi connectivity index (χ4v) is 2.26. The first-order valence-corrected chi connectivity index (χ1v) is 7.09. The van der Waals surface area contributed by atoms with Crippen LogP contribution in [0.15, 0.2) is 12.1 Å². The molecule has 0 fully saturated rings. The first-order valence-electron chi connectivity index (χ1n) is 7.09. The number of alkyl halides is 3. The monoisotopic (exact) mass is 302 g/mol. The average Bonchev–Trinajstić information content (AvgIpc) is 2.23. The van der Waals surface area contributed by atoms with Gasteiger partial charge in [-0.05, 0) is 22.5 Å². The number of hydrogen-bond donors (Lipinski definition) is 0. The molecule has 0 saturated heterocycles. The molecule has 0 amide bonds. The average molecular weight is 302 g/mol. The van der Waals surface area contributed by atoms with Crippen molar-refractivity contribution in [2.75, 3.05) is 0 Å². The maximum absolute atomic E-state index is 13.1. The largest absolute Gasteiger partial charge is 0.416 e. The van der Waals surface area contributed by atoms with Crippen LogP contribution in [0.4, 0.5) is 13.2 Å². The first-order chi connectivity index (χ1) is 9.49. The zero-order valence-electron chi connectivity index (χ0n) is 14.0. The van der Waals surface area contributed by atoms with Crippen LogP contribution in [0.3, 0.4) is 0 Å². The molecule has 114 valence electrons. The number of benzene rings is 1. The molecular weight excluding hydrogens is 282 g/mol. The van der Waals surface area contributed by atoms with Crippen molar-refractivity contribution in [2.24, 2.45) is 5.41 Å². The third-order valence-electron chi connectivity index (χ3n) is 3.96. The molecule has 0 aliphatic carbocycles. The summed E-state index contributed by atoms with van der Waals surface area (Å²) in [5, 5.41) is -1.36. The van der Waals surface area contributed by atoms with Gasteiger partial charge in [-0.1, -0.05) is 63.8 Å². The Morgan fingerprint density at radius 3 is 1.64 bits per heavy atom. The summed E-state index contributed by atoms with van der Waals surface area (Å²) >= 11 is 0. The lowest BCUT2D eigenvalue weighted by atomic mass is 9.38. The molecule has 0 spiro atoms. The molecule has 6 radical (unpaired) electrons. The maximum Gasteiger partial charge on any atom is 0.416 e. The molecule has 0 saturated carbocycles. The van der Waals surface area contributed by atoms with E-state index in [1.165, 1.54) is 0 Å². The van der Waals surface area contributed by atoms with Crippen LogP contribution in [-0.4, -0.2) is 23.5 Å². The second kappa shape index (κ2) is 5.38. The highest BCUT2D eigenvalue weighted by Crippen LogP contribution is 2.42. The van der Waals surface area contributed by atoms with Gasteiger partial charge >= 0.3 is 6.18 Å². The lowest BCUT2D eigenvalue weighted by Gasteiger charge is -2.45. The lowest BCUT2D eigenvalue weighted by molar-refractivity contribution is -0.137. The molecule has 0 aliphatic heterocycles. The van der Waals surface area contributed by atoms with Crippen molar-refractivity contribution in [3.05, 3.63) is 28.8 Å². The topological polar surface area (TPSA) is 0 Å². The van der Waals surface area contributed by atoms with Crippen molar-refractivity contribution in [1.29, 1.82) is 0 Å². The SMILES string of the molecule is [B]c1cc(C(F)(F)F)cc(C(C)(C)C)c1C([B])([B])C(C)(C)C. The molecule has 0 unspecified atom stereocenters. The number of rotatable bonds is 1. The molecule has 6 heteroatoms. The predicted molar refractivity (Wildman–Crippen MR) is 88.2 cm³/mol. The highest BCUT2D eigenvalue weighted by molar-refractivity contribution is 6.44.